The van der Waals surface area contributed by atoms with Gasteiger partial charge in [0.25, 0.3) is 5.91 Å². The molecule has 1 atom stereocenters. The van der Waals surface area contributed by atoms with E-state index in [9.17, 15) is 9.90 Å². The van der Waals surface area contributed by atoms with Crippen molar-refractivity contribution in [3.63, 3.8) is 0 Å². The zero-order valence-corrected chi connectivity index (χ0v) is 13.0. The topological polar surface area (TPSA) is 49.8 Å². The van der Waals surface area contributed by atoms with Gasteiger partial charge in [-0.2, -0.15) is 0 Å². The Morgan fingerprint density at radius 1 is 1.33 bits per heavy atom. The van der Waals surface area contributed by atoms with Gasteiger partial charge in [0, 0.05) is 6.54 Å². The molecule has 1 heterocycles. The number of carbonyl (C=O) groups excluding carboxylic acids is 1. The fourth-order valence-corrected chi connectivity index (χ4v) is 2.88. The number of likely N-dealkylation sites (tertiary alicyclic amines) is 1. The number of aliphatic hydroxyl groups is 1. The molecular formula is C17H25NO3. The summed E-state index contributed by atoms with van der Waals surface area (Å²) in [5.41, 5.74) is 2.22. The number of aliphatic hydroxyl groups excluding tert-OH is 1. The van der Waals surface area contributed by atoms with Crippen molar-refractivity contribution in [1.82, 2.24) is 4.90 Å². The minimum atomic E-state index is -0.0530. The first-order valence-electron chi connectivity index (χ1n) is 7.72. The maximum atomic E-state index is 12.4. The van der Waals surface area contributed by atoms with Gasteiger partial charge in [0.1, 0.15) is 5.75 Å². The van der Waals surface area contributed by atoms with Gasteiger partial charge in [0.2, 0.25) is 0 Å². The SMILES string of the molecule is Cc1ccc(OCC(=O)N2CCCCCC2CO)c(C)c1. The number of carbonyl (C=O) groups is 1. The van der Waals surface area contributed by atoms with Crippen molar-refractivity contribution >= 4 is 5.91 Å². The van der Waals surface area contributed by atoms with Crippen LogP contribution in [0.2, 0.25) is 0 Å². The monoisotopic (exact) mass is 291 g/mol. The smallest absolute Gasteiger partial charge is 0.260 e. The van der Waals surface area contributed by atoms with Crippen molar-refractivity contribution in [2.45, 2.75) is 45.6 Å². The molecule has 1 aliphatic rings. The summed E-state index contributed by atoms with van der Waals surface area (Å²) in [4.78, 5) is 14.1. The van der Waals surface area contributed by atoms with Gasteiger partial charge in [0.15, 0.2) is 6.61 Å². The van der Waals surface area contributed by atoms with Crippen LogP contribution >= 0.6 is 0 Å². The van der Waals surface area contributed by atoms with E-state index < -0.39 is 0 Å². The van der Waals surface area contributed by atoms with Crippen molar-refractivity contribution in [3.8, 4) is 5.75 Å². The summed E-state index contributed by atoms with van der Waals surface area (Å²) in [6.45, 7) is 4.82. The predicted octanol–water partition coefficient (Wildman–Crippen LogP) is 2.45. The Balaban J connectivity index is 1.96. The Bertz CT molecular complexity index is 487. The minimum Gasteiger partial charge on any atom is -0.484 e. The van der Waals surface area contributed by atoms with E-state index in [0.717, 1.165) is 43.5 Å². The molecule has 4 nitrogen and oxygen atoms in total. The van der Waals surface area contributed by atoms with Crippen LogP contribution in [0.4, 0.5) is 0 Å². The molecule has 0 aromatic heterocycles. The molecule has 1 saturated heterocycles. The van der Waals surface area contributed by atoms with Gasteiger partial charge >= 0.3 is 0 Å². The van der Waals surface area contributed by atoms with E-state index in [4.69, 9.17) is 4.74 Å². The maximum absolute atomic E-state index is 12.4. The highest BCUT2D eigenvalue weighted by atomic mass is 16.5. The number of amides is 1. The summed E-state index contributed by atoms with van der Waals surface area (Å²) in [6.07, 6.45) is 4.09. The van der Waals surface area contributed by atoms with Crippen LogP contribution in [0.1, 0.15) is 36.8 Å². The highest BCUT2D eigenvalue weighted by molar-refractivity contribution is 5.78. The molecule has 1 amide bonds. The number of nitrogens with zero attached hydrogens (tertiary/aromatic N) is 1. The summed E-state index contributed by atoms with van der Waals surface area (Å²) in [5, 5.41) is 9.46. The van der Waals surface area contributed by atoms with Gasteiger partial charge in [-0.25, -0.2) is 0 Å². The van der Waals surface area contributed by atoms with Crippen molar-refractivity contribution in [2.24, 2.45) is 0 Å². The largest absolute Gasteiger partial charge is 0.484 e. The first-order chi connectivity index (χ1) is 10.1. The Hall–Kier alpha value is -1.55. The van der Waals surface area contributed by atoms with Crippen molar-refractivity contribution in [2.75, 3.05) is 19.8 Å². The summed E-state index contributed by atoms with van der Waals surface area (Å²) in [7, 11) is 0. The fraction of sp³-hybridized carbons (Fsp3) is 0.588. The molecule has 2 rings (SSSR count). The maximum Gasteiger partial charge on any atom is 0.260 e. The number of benzene rings is 1. The molecule has 0 saturated carbocycles. The number of rotatable bonds is 4. The zero-order valence-electron chi connectivity index (χ0n) is 13.0. The summed E-state index contributed by atoms with van der Waals surface area (Å²) >= 11 is 0. The van der Waals surface area contributed by atoms with Gasteiger partial charge in [-0.05, 0) is 38.3 Å². The molecule has 0 spiro atoms. The summed E-state index contributed by atoms with van der Waals surface area (Å²) in [5.74, 6) is 0.722. The van der Waals surface area contributed by atoms with Crippen LogP contribution in [-0.2, 0) is 4.79 Å². The highest BCUT2D eigenvalue weighted by Crippen LogP contribution is 2.20. The number of hydrogen-bond donors (Lipinski definition) is 1. The first kappa shape index (κ1) is 15.8. The third-order valence-electron chi connectivity index (χ3n) is 4.09. The van der Waals surface area contributed by atoms with E-state index in [-0.39, 0.29) is 25.2 Å². The lowest BCUT2D eigenvalue weighted by atomic mass is 10.1. The van der Waals surface area contributed by atoms with Gasteiger partial charge in [-0.15, -0.1) is 0 Å². The Labute approximate surface area is 126 Å². The number of hydrogen-bond acceptors (Lipinski definition) is 3. The second-order valence-electron chi connectivity index (χ2n) is 5.83. The Kier molecular flexibility index (Phi) is 5.62. The van der Waals surface area contributed by atoms with E-state index in [2.05, 4.69) is 0 Å². The molecule has 1 aromatic carbocycles. The molecule has 0 bridgehead atoms. The Morgan fingerprint density at radius 2 is 2.14 bits per heavy atom. The molecule has 116 valence electrons. The molecule has 21 heavy (non-hydrogen) atoms. The number of aryl methyl sites for hydroxylation is 2. The molecule has 0 radical (unpaired) electrons. The van der Waals surface area contributed by atoms with Gasteiger partial charge in [-0.1, -0.05) is 30.5 Å². The average Bonchev–Trinajstić information content (AvgIpc) is 2.71. The average molecular weight is 291 g/mol. The molecule has 1 aromatic rings. The molecule has 1 N–H and O–H groups in total. The van der Waals surface area contributed by atoms with Crippen LogP contribution in [0.15, 0.2) is 18.2 Å². The third-order valence-corrected chi connectivity index (χ3v) is 4.09. The summed E-state index contributed by atoms with van der Waals surface area (Å²) in [6, 6.07) is 5.88. The van der Waals surface area contributed by atoms with Crippen LogP contribution in [-0.4, -0.2) is 41.7 Å². The number of ether oxygens (including phenoxy) is 1. The van der Waals surface area contributed by atoms with E-state index in [0.29, 0.717) is 0 Å². The predicted molar refractivity (Wildman–Crippen MR) is 82.5 cm³/mol. The van der Waals surface area contributed by atoms with Crippen molar-refractivity contribution in [3.05, 3.63) is 29.3 Å². The third kappa shape index (κ3) is 4.21. The Morgan fingerprint density at radius 3 is 2.86 bits per heavy atom. The molecular weight excluding hydrogens is 266 g/mol. The molecule has 0 aliphatic carbocycles. The first-order valence-corrected chi connectivity index (χ1v) is 7.72. The summed E-state index contributed by atoms with van der Waals surface area (Å²) < 4.78 is 5.67. The van der Waals surface area contributed by atoms with Crippen LogP contribution in [0.5, 0.6) is 5.75 Å². The molecule has 1 fully saturated rings. The van der Waals surface area contributed by atoms with Gasteiger partial charge in [-0.3, -0.25) is 4.79 Å². The zero-order chi connectivity index (χ0) is 15.2. The standard InChI is InChI=1S/C17H25NO3/c1-13-7-8-16(14(2)10-13)21-12-17(20)18-9-5-3-4-6-15(18)11-19/h7-8,10,15,19H,3-6,9,11-12H2,1-2H3. The molecule has 4 heteroatoms. The van der Waals surface area contributed by atoms with E-state index >= 15 is 0 Å². The van der Waals surface area contributed by atoms with Gasteiger partial charge in [0.05, 0.1) is 12.6 Å². The normalized spacial score (nSPS) is 19.2. The lowest BCUT2D eigenvalue weighted by molar-refractivity contribution is -0.136. The van der Waals surface area contributed by atoms with E-state index in [1.54, 1.807) is 4.90 Å². The molecule has 1 aliphatic heterocycles. The second kappa shape index (κ2) is 7.46. The van der Waals surface area contributed by atoms with E-state index in [1.165, 1.54) is 5.56 Å². The van der Waals surface area contributed by atoms with Crippen LogP contribution in [0.25, 0.3) is 0 Å². The van der Waals surface area contributed by atoms with Crippen LogP contribution in [0.3, 0.4) is 0 Å². The second-order valence-corrected chi connectivity index (χ2v) is 5.83. The van der Waals surface area contributed by atoms with Crippen molar-refractivity contribution in [1.29, 1.82) is 0 Å². The lowest BCUT2D eigenvalue weighted by Gasteiger charge is -2.28. The molecule has 1 unspecified atom stereocenters. The van der Waals surface area contributed by atoms with Crippen LogP contribution in [0, 0.1) is 13.8 Å². The lowest BCUT2D eigenvalue weighted by Crippen LogP contribution is -2.44. The van der Waals surface area contributed by atoms with Gasteiger partial charge < -0.3 is 14.7 Å². The van der Waals surface area contributed by atoms with E-state index in [1.807, 2.05) is 32.0 Å². The quantitative estimate of drug-likeness (QED) is 0.927. The minimum absolute atomic E-state index is 0.0316. The fourth-order valence-electron chi connectivity index (χ4n) is 2.88. The highest BCUT2D eigenvalue weighted by Gasteiger charge is 2.25. The van der Waals surface area contributed by atoms with Crippen molar-refractivity contribution < 1.29 is 14.6 Å². The van der Waals surface area contributed by atoms with Crippen LogP contribution < -0.4 is 4.74 Å².